The van der Waals surface area contributed by atoms with Crippen LogP contribution in [0.1, 0.15) is 40.6 Å². The number of para-hydroxylation sites is 1. The maximum Gasteiger partial charge on any atom is 0.210 e. The van der Waals surface area contributed by atoms with Crippen molar-refractivity contribution in [3.8, 4) is 0 Å². The van der Waals surface area contributed by atoms with Gasteiger partial charge < -0.3 is 4.98 Å². The van der Waals surface area contributed by atoms with E-state index >= 15 is 0 Å². The average molecular weight is 392 g/mol. The largest absolute Gasteiger partial charge is 0.360 e. The average Bonchev–Trinajstić information content (AvgIpc) is 3.38. The van der Waals surface area contributed by atoms with Gasteiger partial charge in [-0.1, -0.05) is 67.2 Å². The Hall–Kier alpha value is -2.93. The molecule has 0 amide bonds. The van der Waals surface area contributed by atoms with E-state index in [4.69, 9.17) is 0 Å². The van der Waals surface area contributed by atoms with Gasteiger partial charge >= 0.3 is 0 Å². The van der Waals surface area contributed by atoms with E-state index in [1.165, 1.54) is 17.3 Å². The van der Waals surface area contributed by atoms with E-state index in [-0.39, 0.29) is 5.78 Å². The second-order valence-corrected chi connectivity index (χ2v) is 7.52. The Labute approximate surface area is 167 Å². The second-order valence-electron chi connectivity index (χ2n) is 6.45. The first-order valence-electron chi connectivity index (χ1n) is 9.33. The Morgan fingerprint density at radius 2 is 1.96 bits per heavy atom. The zero-order valence-corrected chi connectivity index (χ0v) is 16.6. The van der Waals surface area contributed by atoms with Gasteiger partial charge in [-0.25, -0.2) is 4.68 Å². The number of aromatic amines is 1. The van der Waals surface area contributed by atoms with Crippen LogP contribution in [-0.2, 0) is 13.0 Å². The van der Waals surface area contributed by atoms with Crippen molar-refractivity contribution in [1.82, 2.24) is 25.2 Å². The summed E-state index contributed by atoms with van der Waals surface area (Å²) in [5.74, 6) is 0.0429. The number of Topliss-reactive ketones (excluding diaryl/α,β-unsaturated/α-hetero) is 1. The Morgan fingerprint density at radius 1 is 1.14 bits per heavy atom. The van der Waals surface area contributed by atoms with Gasteiger partial charge in [0.05, 0.1) is 0 Å². The van der Waals surface area contributed by atoms with Crippen LogP contribution >= 0.6 is 11.8 Å². The van der Waals surface area contributed by atoms with Gasteiger partial charge in [0, 0.05) is 29.2 Å². The molecule has 0 fully saturated rings. The number of fused-ring (bicyclic) bond motifs is 1. The molecule has 4 rings (SSSR count). The van der Waals surface area contributed by atoms with Crippen LogP contribution in [0.25, 0.3) is 10.9 Å². The van der Waals surface area contributed by atoms with Crippen LogP contribution in [0.15, 0.2) is 59.9 Å². The Kier molecular flexibility index (Phi) is 5.25. The van der Waals surface area contributed by atoms with Crippen molar-refractivity contribution in [2.75, 3.05) is 0 Å². The normalized spacial score (nSPS) is 12.4. The Balaban J connectivity index is 1.77. The highest BCUT2D eigenvalue weighted by Crippen LogP contribution is 2.38. The number of thioether (sulfide) groups is 1. The second kappa shape index (κ2) is 7.98. The summed E-state index contributed by atoms with van der Waals surface area (Å²) in [5, 5.41) is 13.0. The fourth-order valence-corrected chi connectivity index (χ4v) is 4.45. The minimum Gasteiger partial charge on any atom is -0.360 e. The summed E-state index contributed by atoms with van der Waals surface area (Å²) in [4.78, 5) is 16.9. The molecular weight excluding hydrogens is 370 g/mol. The fourth-order valence-electron chi connectivity index (χ4n) is 3.34. The van der Waals surface area contributed by atoms with Crippen LogP contribution in [0.4, 0.5) is 0 Å². The zero-order chi connectivity index (χ0) is 19.5. The molecule has 0 saturated carbocycles. The number of nitrogens with zero attached hydrogens (tertiary/aromatic N) is 4. The van der Waals surface area contributed by atoms with Crippen molar-refractivity contribution >= 4 is 28.4 Å². The Bertz CT molecular complexity index is 1100. The summed E-state index contributed by atoms with van der Waals surface area (Å²) in [6.07, 6.45) is 2.74. The summed E-state index contributed by atoms with van der Waals surface area (Å²) in [7, 11) is 0. The third kappa shape index (κ3) is 3.33. The van der Waals surface area contributed by atoms with Crippen molar-refractivity contribution in [1.29, 1.82) is 0 Å². The molecule has 2 heterocycles. The van der Waals surface area contributed by atoms with Crippen LogP contribution in [0.3, 0.4) is 0 Å². The smallest absolute Gasteiger partial charge is 0.210 e. The van der Waals surface area contributed by atoms with E-state index in [0.29, 0.717) is 17.3 Å². The molecule has 1 N–H and O–H groups in total. The number of carbonyl (C=O) groups is 1. The highest BCUT2D eigenvalue weighted by molar-refractivity contribution is 8.00. The molecule has 0 bridgehead atoms. The number of aryl methyl sites for hydroxylation is 2. The summed E-state index contributed by atoms with van der Waals surface area (Å²) >= 11 is 1.39. The first-order valence-corrected chi connectivity index (χ1v) is 10.2. The van der Waals surface area contributed by atoms with E-state index in [0.717, 1.165) is 22.9 Å². The predicted octanol–water partition coefficient (Wildman–Crippen LogP) is 4.45. The quantitative estimate of drug-likeness (QED) is 0.372. The number of hydrogen-bond donors (Lipinski definition) is 1. The lowest BCUT2D eigenvalue weighted by Crippen LogP contribution is -2.11. The standard InChI is InChI=1S/C21H21N5OS/c1-3-14-11-8-12-16-17(13-22-18(14)16)19(27)20(15-9-6-5-7-10-15)28-21-23-24-25-26(21)4-2/h5-13,20,22H,3-4H2,1-2H3/t20-/m0/s1. The molecule has 0 aliphatic carbocycles. The lowest BCUT2D eigenvalue weighted by atomic mass is 10.0. The van der Waals surface area contributed by atoms with Gasteiger partial charge in [0.2, 0.25) is 5.16 Å². The van der Waals surface area contributed by atoms with Crippen molar-refractivity contribution < 1.29 is 4.79 Å². The van der Waals surface area contributed by atoms with E-state index in [1.807, 2.05) is 55.6 Å². The highest BCUT2D eigenvalue weighted by Gasteiger charge is 2.27. The summed E-state index contributed by atoms with van der Waals surface area (Å²) < 4.78 is 1.71. The number of tetrazole rings is 1. The molecule has 142 valence electrons. The zero-order valence-electron chi connectivity index (χ0n) is 15.8. The lowest BCUT2D eigenvalue weighted by molar-refractivity contribution is 0.0991. The minimum absolute atomic E-state index is 0.0429. The molecule has 0 aliphatic heterocycles. The van der Waals surface area contributed by atoms with Gasteiger partial charge in [-0.05, 0) is 34.9 Å². The molecule has 0 spiro atoms. The van der Waals surface area contributed by atoms with Gasteiger partial charge in [0.1, 0.15) is 5.25 Å². The molecule has 2 aromatic carbocycles. The fraction of sp³-hybridized carbons (Fsp3) is 0.238. The monoisotopic (exact) mass is 391 g/mol. The highest BCUT2D eigenvalue weighted by atomic mass is 32.2. The van der Waals surface area contributed by atoms with Crippen LogP contribution in [0.2, 0.25) is 0 Å². The molecule has 7 heteroatoms. The van der Waals surface area contributed by atoms with Gasteiger partial charge in [-0.3, -0.25) is 4.79 Å². The number of hydrogen-bond acceptors (Lipinski definition) is 5. The van der Waals surface area contributed by atoms with Crippen molar-refractivity contribution in [2.45, 2.75) is 37.2 Å². The maximum atomic E-state index is 13.6. The molecule has 0 radical (unpaired) electrons. The molecule has 0 saturated heterocycles. The minimum atomic E-state index is -0.429. The van der Waals surface area contributed by atoms with E-state index in [1.54, 1.807) is 4.68 Å². The number of ketones is 1. The molecule has 6 nitrogen and oxygen atoms in total. The number of nitrogens with one attached hydrogen (secondary N) is 1. The first kappa shape index (κ1) is 18.4. The van der Waals surface area contributed by atoms with Crippen LogP contribution < -0.4 is 0 Å². The Morgan fingerprint density at radius 3 is 2.71 bits per heavy atom. The predicted molar refractivity (Wildman–Crippen MR) is 111 cm³/mol. The van der Waals surface area contributed by atoms with Gasteiger partial charge in [0.25, 0.3) is 0 Å². The van der Waals surface area contributed by atoms with Crippen molar-refractivity contribution in [3.05, 3.63) is 71.4 Å². The number of rotatable bonds is 7. The summed E-state index contributed by atoms with van der Waals surface area (Å²) in [6, 6.07) is 15.9. The maximum absolute atomic E-state index is 13.6. The van der Waals surface area contributed by atoms with E-state index in [9.17, 15) is 4.79 Å². The molecule has 1 atom stereocenters. The number of H-pyrrole nitrogens is 1. The van der Waals surface area contributed by atoms with Gasteiger partial charge in [-0.15, -0.1) is 5.10 Å². The number of aromatic nitrogens is 5. The first-order chi connectivity index (χ1) is 13.7. The topological polar surface area (TPSA) is 76.5 Å². The molecule has 28 heavy (non-hydrogen) atoms. The SMILES string of the molecule is CCc1cccc2c(C(=O)[C@@H](Sc3nnnn3CC)c3ccccc3)c[nH]c12. The summed E-state index contributed by atoms with van der Waals surface area (Å²) in [5.41, 5.74) is 3.87. The van der Waals surface area contributed by atoms with E-state index < -0.39 is 5.25 Å². The third-order valence-corrected chi connectivity index (χ3v) is 6.04. The molecule has 0 aliphatic rings. The number of benzene rings is 2. The van der Waals surface area contributed by atoms with Crippen molar-refractivity contribution in [2.24, 2.45) is 0 Å². The van der Waals surface area contributed by atoms with Crippen LogP contribution in [0.5, 0.6) is 0 Å². The molecular formula is C21H21N5OS. The van der Waals surface area contributed by atoms with Gasteiger partial charge in [-0.2, -0.15) is 0 Å². The van der Waals surface area contributed by atoms with Crippen molar-refractivity contribution in [3.63, 3.8) is 0 Å². The molecule has 0 unspecified atom stereocenters. The lowest BCUT2D eigenvalue weighted by Gasteiger charge is -2.15. The molecule has 4 aromatic rings. The van der Waals surface area contributed by atoms with E-state index in [2.05, 4.69) is 33.5 Å². The summed E-state index contributed by atoms with van der Waals surface area (Å²) in [6.45, 7) is 4.74. The number of carbonyl (C=O) groups excluding carboxylic acids is 1. The molecule has 2 aromatic heterocycles. The third-order valence-electron chi connectivity index (χ3n) is 4.81. The van der Waals surface area contributed by atoms with Crippen LogP contribution in [-0.4, -0.2) is 31.0 Å². The van der Waals surface area contributed by atoms with Gasteiger partial charge in [0.15, 0.2) is 5.78 Å². The van der Waals surface area contributed by atoms with Crippen LogP contribution in [0, 0.1) is 0 Å².